The van der Waals surface area contributed by atoms with Gasteiger partial charge in [0.1, 0.15) is 16.4 Å². The number of esters is 1. The molecule has 0 aliphatic rings. The van der Waals surface area contributed by atoms with E-state index in [2.05, 4.69) is 10.2 Å². The van der Waals surface area contributed by atoms with Crippen molar-refractivity contribution >= 4 is 46.8 Å². The maximum absolute atomic E-state index is 15.0. The number of carbonyl (C=O) groups is 2. The maximum Gasteiger partial charge on any atom is 0.419 e. The van der Waals surface area contributed by atoms with Gasteiger partial charge in [-0.2, -0.15) is 0 Å². The van der Waals surface area contributed by atoms with Crippen LogP contribution in [0, 0.1) is 5.82 Å². The van der Waals surface area contributed by atoms with Crippen molar-refractivity contribution in [2.45, 2.75) is 63.5 Å². The van der Waals surface area contributed by atoms with E-state index in [0.717, 1.165) is 5.56 Å². The number of halogens is 2. The highest BCUT2D eigenvalue weighted by Gasteiger charge is 2.30. The fraction of sp³-hybridized carbons (Fsp3) is 0.312. The van der Waals surface area contributed by atoms with Crippen molar-refractivity contribution in [3.8, 4) is 11.3 Å². The second-order valence-electron chi connectivity index (χ2n) is 11.8. The van der Waals surface area contributed by atoms with Crippen LogP contribution in [-0.4, -0.2) is 39.5 Å². The summed E-state index contributed by atoms with van der Waals surface area (Å²) in [5.41, 5.74) is 1.39. The minimum absolute atomic E-state index is 0.139. The van der Waals surface area contributed by atoms with E-state index in [-0.39, 0.29) is 16.8 Å². The number of hydrogen-bond donors (Lipinski definition) is 0. The molecule has 4 aromatic rings. The average molecular weight is 625 g/mol. The minimum Gasteiger partial charge on any atom is -0.465 e. The molecule has 0 saturated carbocycles. The third-order valence-corrected chi connectivity index (χ3v) is 7.47. The van der Waals surface area contributed by atoms with E-state index in [0.29, 0.717) is 32.7 Å². The number of nitrogens with zero attached hydrogens (tertiary/aromatic N) is 4. The molecular weight excluding hydrogens is 591 g/mol. The molecule has 43 heavy (non-hydrogen) atoms. The lowest BCUT2D eigenvalue weighted by Crippen LogP contribution is -2.34. The number of anilines is 2. The zero-order chi connectivity index (χ0) is 31.5. The van der Waals surface area contributed by atoms with Crippen LogP contribution in [0.3, 0.4) is 0 Å². The number of amides is 1. The van der Waals surface area contributed by atoms with Gasteiger partial charge >= 0.3 is 12.1 Å². The minimum atomic E-state index is -0.800. The summed E-state index contributed by atoms with van der Waals surface area (Å²) < 4.78 is 27.6. The number of benzene rings is 2. The summed E-state index contributed by atoms with van der Waals surface area (Å²) in [5.74, 6) is -0.588. The monoisotopic (exact) mass is 624 g/mol. The zero-order valence-corrected chi connectivity index (χ0v) is 26.7. The summed E-state index contributed by atoms with van der Waals surface area (Å²) >= 11 is 7.50. The highest BCUT2D eigenvalue weighted by molar-refractivity contribution is 7.98. The van der Waals surface area contributed by atoms with Gasteiger partial charge in [0, 0.05) is 34.3 Å². The van der Waals surface area contributed by atoms with Gasteiger partial charge in [0.15, 0.2) is 0 Å². The molecule has 0 fully saturated rings. The Hall–Kier alpha value is -3.89. The topological polar surface area (TPSA) is 86.6 Å². The Labute approximate surface area is 260 Å². The maximum atomic E-state index is 15.0. The molecule has 0 N–H and O–H groups in total. The smallest absolute Gasteiger partial charge is 0.419 e. The van der Waals surface area contributed by atoms with Crippen LogP contribution < -0.4 is 4.90 Å². The van der Waals surface area contributed by atoms with Crippen LogP contribution in [0.25, 0.3) is 11.3 Å². The van der Waals surface area contributed by atoms with Gasteiger partial charge in [-0.1, -0.05) is 35.5 Å². The second kappa shape index (κ2) is 12.8. The Morgan fingerprint density at radius 1 is 1.02 bits per heavy atom. The van der Waals surface area contributed by atoms with Crippen molar-refractivity contribution in [1.82, 2.24) is 14.8 Å². The Morgan fingerprint density at radius 2 is 1.77 bits per heavy atom. The lowest BCUT2D eigenvalue weighted by molar-refractivity contribution is 0.0589. The predicted octanol–water partition coefficient (Wildman–Crippen LogP) is 8.64. The molecular formula is C32H34ClFN4O4S. The normalized spacial score (nSPS) is 11.7. The van der Waals surface area contributed by atoms with E-state index in [1.807, 2.05) is 49.9 Å². The summed E-state index contributed by atoms with van der Waals surface area (Å²) in [6.45, 7) is 11.5. The largest absolute Gasteiger partial charge is 0.465 e. The molecule has 2 aromatic heterocycles. The summed E-state index contributed by atoms with van der Waals surface area (Å²) in [5, 5.41) is 9.48. The number of ether oxygens (including phenoxy) is 2. The molecule has 0 bridgehead atoms. The van der Waals surface area contributed by atoms with Crippen LogP contribution in [0.5, 0.6) is 0 Å². The van der Waals surface area contributed by atoms with E-state index >= 15 is 0 Å². The third kappa shape index (κ3) is 7.94. The SMILES string of the molecule is COC(=O)c1cccc(CSc2nnc(-c3cc(Cl)ccc3F)cc2N(C(=O)OC(C)(C)C)c2ccn(C(C)(C)C)c2)c1. The van der Waals surface area contributed by atoms with Crippen molar-refractivity contribution in [1.29, 1.82) is 0 Å². The van der Waals surface area contributed by atoms with Crippen molar-refractivity contribution in [3.05, 3.63) is 89.0 Å². The first-order valence-electron chi connectivity index (χ1n) is 13.5. The number of thioether (sulfide) groups is 1. The molecule has 0 saturated heterocycles. The Morgan fingerprint density at radius 3 is 2.42 bits per heavy atom. The van der Waals surface area contributed by atoms with Crippen molar-refractivity contribution in [2.24, 2.45) is 0 Å². The van der Waals surface area contributed by atoms with E-state index in [4.69, 9.17) is 21.1 Å². The number of rotatable bonds is 7. The highest BCUT2D eigenvalue weighted by atomic mass is 35.5. The number of carbonyl (C=O) groups excluding carboxylic acids is 2. The van der Waals surface area contributed by atoms with Gasteiger partial charge in [-0.05, 0) is 89.6 Å². The molecule has 0 aliphatic carbocycles. The summed E-state index contributed by atoms with van der Waals surface area (Å²) in [6.07, 6.45) is 3.08. The third-order valence-electron chi connectivity index (χ3n) is 6.20. The Kier molecular flexibility index (Phi) is 9.51. The van der Waals surface area contributed by atoms with Gasteiger partial charge in [-0.3, -0.25) is 0 Å². The number of methoxy groups -OCH3 is 1. The second-order valence-corrected chi connectivity index (χ2v) is 13.2. The van der Waals surface area contributed by atoms with Crippen LogP contribution in [0.4, 0.5) is 20.6 Å². The summed E-state index contributed by atoms with van der Waals surface area (Å²) in [4.78, 5) is 27.3. The molecule has 0 radical (unpaired) electrons. The highest BCUT2D eigenvalue weighted by Crippen LogP contribution is 2.39. The first-order valence-corrected chi connectivity index (χ1v) is 14.9. The quantitative estimate of drug-likeness (QED) is 0.150. The molecule has 0 aliphatic heterocycles. The fourth-order valence-corrected chi connectivity index (χ4v) is 5.15. The van der Waals surface area contributed by atoms with Crippen LogP contribution in [0.1, 0.15) is 57.5 Å². The van der Waals surface area contributed by atoms with E-state index < -0.39 is 23.5 Å². The van der Waals surface area contributed by atoms with Gasteiger partial charge in [-0.15, -0.1) is 10.2 Å². The van der Waals surface area contributed by atoms with Crippen LogP contribution in [0.2, 0.25) is 5.02 Å². The molecule has 0 atom stereocenters. The molecule has 0 unspecified atom stereocenters. The first kappa shape index (κ1) is 32.0. The van der Waals surface area contributed by atoms with Gasteiger partial charge in [-0.25, -0.2) is 18.9 Å². The first-order chi connectivity index (χ1) is 20.2. The van der Waals surface area contributed by atoms with Crippen molar-refractivity contribution < 1.29 is 23.5 Å². The molecule has 226 valence electrons. The van der Waals surface area contributed by atoms with Gasteiger partial charge in [0.2, 0.25) is 0 Å². The molecule has 11 heteroatoms. The van der Waals surface area contributed by atoms with E-state index in [1.165, 1.54) is 42.0 Å². The predicted molar refractivity (Wildman–Crippen MR) is 168 cm³/mol. The van der Waals surface area contributed by atoms with Gasteiger partial charge in [0.25, 0.3) is 0 Å². The Bertz CT molecular complexity index is 1650. The number of aromatic nitrogens is 3. The van der Waals surface area contributed by atoms with E-state index in [9.17, 15) is 14.0 Å². The fourth-order valence-electron chi connectivity index (χ4n) is 4.10. The molecule has 0 spiro atoms. The molecule has 1 amide bonds. The van der Waals surface area contributed by atoms with Crippen LogP contribution in [-0.2, 0) is 20.8 Å². The molecule has 4 rings (SSSR count). The van der Waals surface area contributed by atoms with Crippen molar-refractivity contribution in [3.63, 3.8) is 0 Å². The average Bonchev–Trinajstić information content (AvgIpc) is 3.43. The standard InChI is InChI=1S/C32H34ClFN4O4S/c1-31(2,3)37-14-13-23(18-37)38(30(40)42-32(4,5)6)27-17-26(24-16-22(33)11-12-25(24)34)35-36-28(27)43-19-20-9-8-10-21(15-20)29(39)41-7/h8-18H,19H2,1-7H3. The van der Waals surface area contributed by atoms with Crippen LogP contribution in [0.15, 0.2) is 72.0 Å². The summed E-state index contributed by atoms with van der Waals surface area (Å²) in [6, 6.07) is 14.6. The molecule has 2 aromatic carbocycles. The lowest BCUT2D eigenvalue weighted by atomic mass is 10.1. The lowest BCUT2D eigenvalue weighted by Gasteiger charge is -2.28. The van der Waals surface area contributed by atoms with Gasteiger partial charge in [0.05, 0.1) is 29.7 Å². The number of hydrogen-bond acceptors (Lipinski definition) is 7. The van der Waals surface area contributed by atoms with Gasteiger partial charge < -0.3 is 14.0 Å². The van der Waals surface area contributed by atoms with Crippen molar-refractivity contribution in [2.75, 3.05) is 12.0 Å². The van der Waals surface area contributed by atoms with Crippen LogP contribution >= 0.6 is 23.4 Å². The Balaban J connectivity index is 1.86. The molecule has 8 nitrogen and oxygen atoms in total. The summed E-state index contributed by atoms with van der Waals surface area (Å²) in [7, 11) is 1.33. The van der Waals surface area contributed by atoms with E-state index in [1.54, 1.807) is 45.0 Å². The molecule has 2 heterocycles. The zero-order valence-electron chi connectivity index (χ0n) is 25.1.